The Balaban J connectivity index is 1.58. The van der Waals surface area contributed by atoms with Crippen LogP contribution in [0, 0.1) is 6.92 Å². The summed E-state index contributed by atoms with van der Waals surface area (Å²) < 4.78 is 5.66. The Hall–Kier alpha value is -1.72. The van der Waals surface area contributed by atoms with Gasteiger partial charge >= 0.3 is 0 Å². The lowest BCUT2D eigenvalue weighted by atomic mass is 9.78. The highest BCUT2D eigenvalue weighted by Gasteiger charge is 2.41. The van der Waals surface area contributed by atoms with Gasteiger partial charge in [-0.1, -0.05) is 54.2 Å². The van der Waals surface area contributed by atoms with Gasteiger partial charge in [0.15, 0.2) is 5.82 Å². The molecule has 2 heterocycles. The molecular formula is C21H29N3O2. The summed E-state index contributed by atoms with van der Waals surface area (Å²) in [7, 11) is 0. The molecule has 1 unspecified atom stereocenters. The number of benzene rings is 1. The van der Waals surface area contributed by atoms with Crippen LogP contribution >= 0.6 is 0 Å². The van der Waals surface area contributed by atoms with Crippen molar-refractivity contribution in [3.8, 4) is 0 Å². The van der Waals surface area contributed by atoms with E-state index < -0.39 is 0 Å². The minimum absolute atomic E-state index is 0.103. The summed E-state index contributed by atoms with van der Waals surface area (Å²) in [5.41, 5.74) is 2.48. The second-order valence-electron chi connectivity index (χ2n) is 7.97. The van der Waals surface area contributed by atoms with Crippen LogP contribution in [0.3, 0.4) is 0 Å². The van der Waals surface area contributed by atoms with E-state index in [9.17, 15) is 5.11 Å². The van der Waals surface area contributed by atoms with Gasteiger partial charge in [0.1, 0.15) is 0 Å². The number of likely N-dealkylation sites (tertiary alicyclic amines) is 1. The topological polar surface area (TPSA) is 62.4 Å². The van der Waals surface area contributed by atoms with Crippen molar-refractivity contribution in [2.75, 3.05) is 13.2 Å². The zero-order valence-electron chi connectivity index (χ0n) is 15.7. The predicted molar refractivity (Wildman–Crippen MR) is 99.9 cm³/mol. The van der Waals surface area contributed by atoms with Gasteiger partial charge in [-0.05, 0) is 44.7 Å². The van der Waals surface area contributed by atoms with Crippen LogP contribution in [-0.2, 0) is 12.0 Å². The fourth-order valence-corrected chi connectivity index (χ4v) is 4.65. The maximum atomic E-state index is 9.62. The molecule has 5 heteroatoms. The third kappa shape index (κ3) is 3.30. The molecule has 1 saturated heterocycles. The number of rotatable bonds is 5. The molecule has 2 fully saturated rings. The lowest BCUT2D eigenvalue weighted by Crippen LogP contribution is -2.41. The molecule has 1 aromatic carbocycles. The van der Waals surface area contributed by atoms with E-state index in [0.29, 0.717) is 12.4 Å². The van der Waals surface area contributed by atoms with Gasteiger partial charge in [0.2, 0.25) is 5.89 Å². The van der Waals surface area contributed by atoms with Crippen LogP contribution in [0.5, 0.6) is 0 Å². The lowest BCUT2D eigenvalue weighted by Gasteiger charge is -2.33. The highest BCUT2D eigenvalue weighted by Crippen LogP contribution is 2.45. The van der Waals surface area contributed by atoms with E-state index in [4.69, 9.17) is 9.51 Å². The van der Waals surface area contributed by atoms with E-state index in [1.54, 1.807) is 0 Å². The zero-order valence-corrected chi connectivity index (χ0v) is 15.7. The van der Waals surface area contributed by atoms with Crippen LogP contribution in [0.15, 0.2) is 28.8 Å². The second kappa shape index (κ2) is 7.49. The number of aliphatic hydroxyl groups excluding tert-OH is 1. The summed E-state index contributed by atoms with van der Waals surface area (Å²) in [6.07, 6.45) is 7.98. The second-order valence-corrected chi connectivity index (χ2v) is 7.97. The van der Waals surface area contributed by atoms with Crippen LogP contribution in [0.25, 0.3) is 0 Å². The molecule has 26 heavy (non-hydrogen) atoms. The summed E-state index contributed by atoms with van der Waals surface area (Å²) in [6.45, 7) is 3.95. The van der Waals surface area contributed by atoms with E-state index in [1.807, 2.05) is 0 Å². The van der Waals surface area contributed by atoms with E-state index in [2.05, 4.69) is 41.2 Å². The van der Waals surface area contributed by atoms with E-state index in [0.717, 1.165) is 31.6 Å². The smallest absolute Gasteiger partial charge is 0.240 e. The number of piperidine rings is 1. The molecule has 1 N–H and O–H groups in total. The fraction of sp³-hybridized carbons (Fsp3) is 0.619. The molecule has 2 aromatic rings. The highest BCUT2D eigenvalue weighted by molar-refractivity contribution is 5.35. The van der Waals surface area contributed by atoms with Crippen molar-refractivity contribution in [3.63, 3.8) is 0 Å². The quantitative estimate of drug-likeness (QED) is 0.888. The van der Waals surface area contributed by atoms with Gasteiger partial charge in [0.05, 0.1) is 18.6 Å². The Morgan fingerprint density at radius 1 is 1.15 bits per heavy atom. The van der Waals surface area contributed by atoms with Crippen molar-refractivity contribution in [1.82, 2.24) is 15.0 Å². The van der Waals surface area contributed by atoms with Gasteiger partial charge in [-0.25, -0.2) is 0 Å². The molecule has 0 amide bonds. The van der Waals surface area contributed by atoms with Gasteiger partial charge in [-0.15, -0.1) is 0 Å². The minimum atomic E-state index is -0.103. The first-order chi connectivity index (χ1) is 12.7. The maximum Gasteiger partial charge on any atom is 0.240 e. The van der Waals surface area contributed by atoms with E-state index in [-0.39, 0.29) is 18.1 Å². The van der Waals surface area contributed by atoms with Gasteiger partial charge < -0.3 is 9.63 Å². The van der Waals surface area contributed by atoms with Crippen molar-refractivity contribution in [2.24, 2.45) is 0 Å². The average Bonchev–Trinajstić information content (AvgIpc) is 3.33. The predicted octanol–water partition coefficient (Wildman–Crippen LogP) is 3.58. The monoisotopic (exact) mass is 355 g/mol. The van der Waals surface area contributed by atoms with Crippen molar-refractivity contribution in [3.05, 3.63) is 47.1 Å². The van der Waals surface area contributed by atoms with Crippen LogP contribution < -0.4 is 0 Å². The zero-order chi connectivity index (χ0) is 18.0. The van der Waals surface area contributed by atoms with Crippen LogP contribution in [-0.4, -0.2) is 39.3 Å². The molecule has 1 aromatic heterocycles. The Labute approximate surface area is 155 Å². The molecule has 1 aliphatic carbocycles. The summed E-state index contributed by atoms with van der Waals surface area (Å²) in [4.78, 5) is 7.11. The Morgan fingerprint density at radius 3 is 2.65 bits per heavy atom. The Bertz CT molecular complexity index is 719. The van der Waals surface area contributed by atoms with Gasteiger partial charge in [0.25, 0.3) is 0 Å². The summed E-state index contributed by atoms with van der Waals surface area (Å²) in [5.74, 6) is 1.52. The first-order valence-electron chi connectivity index (χ1n) is 9.96. The molecule has 1 saturated carbocycles. The number of hydrogen-bond acceptors (Lipinski definition) is 5. The number of nitrogens with zero attached hydrogens (tertiary/aromatic N) is 3. The van der Waals surface area contributed by atoms with Crippen LogP contribution in [0.1, 0.15) is 67.8 Å². The normalized spacial score (nSPS) is 23.4. The number of aliphatic hydroxyl groups is 1. The third-order valence-corrected chi connectivity index (χ3v) is 6.26. The molecule has 1 aliphatic heterocycles. The fourth-order valence-electron chi connectivity index (χ4n) is 4.65. The molecule has 4 rings (SSSR count). The van der Waals surface area contributed by atoms with Crippen molar-refractivity contribution in [1.29, 1.82) is 0 Å². The summed E-state index contributed by atoms with van der Waals surface area (Å²) in [5, 5.41) is 14.0. The maximum absolute atomic E-state index is 9.62. The molecule has 0 bridgehead atoms. The van der Waals surface area contributed by atoms with Crippen molar-refractivity contribution < 1.29 is 9.63 Å². The molecule has 0 radical (unpaired) electrons. The Morgan fingerprint density at radius 2 is 1.92 bits per heavy atom. The van der Waals surface area contributed by atoms with Gasteiger partial charge in [-0.2, -0.15) is 4.98 Å². The molecule has 5 nitrogen and oxygen atoms in total. The number of aromatic nitrogens is 2. The Kier molecular flexibility index (Phi) is 5.09. The van der Waals surface area contributed by atoms with E-state index in [1.165, 1.54) is 36.8 Å². The molecular weight excluding hydrogens is 326 g/mol. The number of hydrogen-bond donors (Lipinski definition) is 1. The van der Waals surface area contributed by atoms with Gasteiger partial charge in [-0.3, -0.25) is 4.90 Å². The standard InChI is InChI=1S/C21H29N3O2/c1-16-7-9-17(10-8-16)21(11-3-4-12-21)20-22-19(26-23-20)14-24-13-5-2-6-18(24)15-25/h7-10,18,25H,2-6,11-15H2,1H3. The van der Waals surface area contributed by atoms with Crippen LogP contribution in [0.4, 0.5) is 0 Å². The highest BCUT2D eigenvalue weighted by atomic mass is 16.5. The van der Waals surface area contributed by atoms with Crippen molar-refractivity contribution >= 4 is 0 Å². The largest absolute Gasteiger partial charge is 0.395 e. The molecule has 2 aliphatic rings. The lowest BCUT2D eigenvalue weighted by molar-refractivity contribution is 0.0749. The average molecular weight is 355 g/mol. The molecule has 1 atom stereocenters. The molecule has 140 valence electrons. The first kappa shape index (κ1) is 17.7. The number of aryl methyl sites for hydroxylation is 1. The summed E-state index contributed by atoms with van der Waals surface area (Å²) in [6, 6.07) is 9.02. The minimum Gasteiger partial charge on any atom is -0.395 e. The van der Waals surface area contributed by atoms with Crippen LogP contribution in [0.2, 0.25) is 0 Å². The third-order valence-electron chi connectivity index (χ3n) is 6.26. The van der Waals surface area contributed by atoms with Crippen molar-refractivity contribution in [2.45, 2.75) is 69.9 Å². The first-order valence-corrected chi connectivity index (χ1v) is 9.96. The molecule has 0 spiro atoms. The van der Waals surface area contributed by atoms with Gasteiger partial charge in [0, 0.05) is 6.04 Å². The van der Waals surface area contributed by atoms with E-state index >= 15 is 0 Å². The summed E-state index contributed by atoms with van der Waals surface area (Å²) >= 11 is 0. The SMILES string of the molecule is Cc1ccc(C2(c3noc(CN4CCCCC4CO)n3)CCCC2)cc1.